The van der Waals surface area contributed by atoms with Gasteiger partial charge in [-0.15, -0.1) is 0 Å². The maximum atomic E-state index is 13.5. The highest BCUT2D eigenvalue weighted by Gasteiger charge is 2.29. The van der Waals surface area contributed by atoms with Crippen molar-refractivity contribution in [3.63, 3.8) is 0 Å². The van der Waals surface area contributed by atoms with Crippen LogP contribution in [-0.2, 0) is 11.3 Å². The van der Waals surface area contributed by atoms with E-state index in [1.54, 1.807) is 12.1 Å². The first-order valence-electron chi connectivity index (χ1n) is 11.6. The zero-order valence-corrected chi connectivity index (χ0v) is 20.1. The Kier molecular flexibility index (Phi) is 6.54. The Hall–Kier alpha value is -3.66. The van der Waals surface area contributed by atoms with Crippen LogP contribution in [0.15, 0.2) is 53.1 Å². The number of rotatable bonds is 6. The second-order valence-corrected chi connectivity index (χ2v) is 9.16. The Balaban J connectivity index is 1.25. The number of halogens is 1. The number of carbonyl (C=O) groups excluding carboxylic acids is 1. The number of aromatic nitrogens is 5. The maximum Gasteiger partial charge on any atom is 0.231 e. The van der Waals surface area contributed by atoms with E-state index >= 15 is 0 Å². The smallest absolute Gasteiger partial charge is 0.231 e. The molecule has 1 unspecified atom stereocenters. The second kappa shape index (κ2) is 9.91. The first-order chi connectivity index (χ1) is 17.0. The topological polar surface area (TPSA) is 92.8 Å². The normalized spacial score (nSPS) is 15.9. The minimum Gasteiger partial charge on any atom is -0.342 e. The molecule has 0 saturated carbocycles. The number of aromatic amines is 1. The van der Waals surface area contributed by atoms with Gasteiger partial charge in [0, 0.05) is 37.2 Å². The van der Waals surface area contributed by atoms with Crippen LogP contribution in [0.5, 0.6) is 0 Å². The molecule has 1 fully saturated rings. The van der Waals surface area contributed by atoms with Crippen molar-refractivity contribution in [3.05, 3.63) is 70.6 Å². The molecule has 10 heteroatoms. The summed E-state index contributed by atoms with van der Waals surface area (Å²) in [5.74, 6) is 1.17. The van der Waals surface area contributed by atoms with Crippen LogP contribution in [0.3, 0.4) is 0 Å². The molecule has 1 aliphatic heterocycles. The summed E-state index contributed by atoms with van der Waals surface area (Å²) in [6, 6.07) is 14.1. The SMILES string of the molecule is Cc1cccc(-c2n[nH]c(=S)n2CCC(=O)N2CCCC(c3nc(-c4cccc(F)c4)no3)C2)c1. The standard InChI is InChI=1S/C25H25FN6O2S/c1-16-5-2-7-18(13-16)23-28-29-25(35)32(23)12-10-21(33)31-11-4-8-19(15-31)24-27-22(30-34-24)17-6-3-9-20(26)14-17/h2-3,5-7,9,13-14,19H,4,8,10-12,15H2,1H3,(H,29,35). The molecule has 8 nitrogen and oxygen atoms in total. The summed E-state index contributed by atoms with van der Waals surface area (Å²) in [7, 11) is 0. The van der Waals surface area contributed by atoms with Gasteiger partial charge in [0.2, 0.25) is 17.6 Å². The van der Waals surface area contributed by atoms with Gasteiger partial charge in [0.05, 0.1) is 5.92 Å². The van der Waals surface area contributed by atoms with Crippen LogP contribution < -0.4 is 0 Å². The first kappa shape index (κ1) is 23.1. The van der Waals surface area contributed by atoms with Gasteiger partial charge in [-0.3, -0.25) is 14.5 Å². The zero-order chi connectivity index (χ0) is 24.4. The molecule has 1 amide bonds. The monoisotopic (exact) mass is 492 g/mol. The van der Waals surface area contributed by atoms with Gasteiger partial charge >= 0.3 is 0 Å². The Bertz CT molecular complexity index is 1410. The van der Waals surface area contributed by atoms with Crippen molar-refractivity contribution in [2.24, 2.45) is 0 Å². The molecule has 1 saturated heterocycles. The fourth-order valence-corrected chi connectivity index (χ4v) is 4.67. The molecule has 180 valence electrons. The van der Waals surface area contributed by atoms with Gasteiger partial charge in [0.15, 0.2) is 10.6 Å². The van der Waals surface area contributed by atoms with Gasteiger partial charge in [-0.2, -0.15) is 10.1 Å². The summed E-state index contributed by atoms with van der Waals surface area (Å²) >= 11 is 5.42. The Morgan fingerprint density at radius 1 is 1.23 bits per heavy atom. The summed E-state index contributed by atoms with van der Waals surface area (Å²) in [4.78, 5) is 19.4. The predicted octanol–water partition coefficient (Wildman–Crippen LogP) is 4.90. The van der Waals surface area contributed by atoms with E-state index in [0.717, 1.165) is 29.8 Å². The molecule has 35 heavy (non-hydrogen) atoms. The summed E-state index contributed by atoms with van der Waals surface area (Å²) in [5.41, 5.74) is 2.64. The van der Waals surface area contributed by atoms with Gasteiger partial charge in [-0.1, -0.05) is 41.1 Å². The third-order valence-corrected chi connectivity index (χ3v) is 6.54. The van der Waals surface area contributed by atoms with Gasteiger partial charge < -0.3 is 9.42 Å². The maximum absolute atomic E-state index is 13.5. The number of hydrogen-bond donors (Lipinski definition) is 1. The minimum atomic E-state index is -0.355. The number of aryl methyl sites for hydroxylation is 1. The van der Waals surface area contributed by atoms with E-state index in [-0.39, 0.29) is 17.6 Å². The van der Waals surface area contributed by atoms with Crippen molar-refractivity contribution in [1.29, 1.82) is 0 Å². The minimum absolute atomic E-state index is 0.0397. The van der Waals surface area contributed by atoms with Crippen molar-refractivity contribution in [1.82, 2.24) is 29.8 Å². The van der Waals surface area contributed by atoms with Crippen molar-refractivity contribution in [2.45, 2.75) is 38.6 Å². The highest BCUT2D eigenvalue weighted by molar-refractivity contribution is 7.71. The lowest BCUT2D eigenvalue weighted by Gasteiger charge is -2.31. The molecule has 0 radical (unpaired) electrons. The Morgan fingerprint density at radius 2 is 2.06 bits per heavy atom. The van der Waals surface area contributed by atoms with Crippen LogP contribution in [0.25, 0.3) is 22.8 Å². The first-order valence-corrected chi connectivity index (χ1v) is 12.0. The molecular weight excluding hydrogens is 467 g/mol. The van der Waals surface area contributed by atoms with Crippen LogP contribution in [0, 0.1) is 17.5 Å². The lowest BCUT2D eigenvalue weighted by Crippen LogP contribution is -2.39. The number of nitrogens with zero attached hydrogens (tertiary/aromatic N) is 5. The molecule has 4 aromatic rings. The average molecular weight is 493 g/mol. The summed E-state index contributed by atoms with van der Waals surface area (Å²) in [5, 5.41) is 11.2. The lowest BCUT2D eigenvalue weighted by molar-refractivity contribution is -0.132. The molecule has 1 atom stereocenters. The van der Waals surface area contributed by atoms with Gasteiger partial charge in [0.1, 0.15) is 5.82 Å². The number of amides is 1. The van der Waals surface area contributed by atoms with Crippen LogP contribution >= 0.6 is 12.2 Å². The van der Waals surface area contributed by atoms with E-state index in [1.807, 2.05) is 40.7 Å². The fraction of sp³-hybridized carbons (Fsp3) is 0.320. The highest BCUT2D eigenvalue weighted by Crippen LogP contribution is 2.28. The van der Waals surface area contributed by atoms with Gasteiger partial charge in [-0.05, 0) is 50.2 Å². The average Bonchev–Trinajstić information content (AvgIpc) is 3.50. The number of H-pyrrole nitrogens is 1. The fourth-order valence-electron chi connectivity index (χ4n) is 4.45. The van der Waals surface area contributed by atoms with Crippen LogP contribution in [0.1, 0.15) is 36.6 Å². The molecule has 1 aliphatic rings. The zero-order valence-electron chi connectivity index (χ0n) is 19.3. The van der Waals surface area contributed by atoms with Crippen molar-refractivity contribution >= 4 is 18.1 Å². The van der Waals surface area contributed by atoms with Crippen LogP contribution in [0.2, 0.25) is 0 Å². The Morgan fingerprint density at radius 3 is 2.89 bits per heavy atom. The summed E-state index contributed by atoms with van der Waals surface area (Å²) in [6.07, 6.45) is 1.99. The molecule has 3 heterocycles. The third kappa shape index (κ3) is 5.07. The van der Waals surface area contributed by atoms with E-state index in [1.165, 1.54) is 12.1 Å². The summed E-state index contributed by atoms with van der Waals surface area (Å²) < 4.78 is 21.4. The van der Waals surface area contributed by atoms with Crippen LogP contribution in [0.4, 0.5) is 4.39 Å². The van der Waals surface area contributed by atoms with E-state index in [4.69, 9.17) is 16.7 Å². The number of nitrogens with one attached hydrogen (secondary N) is 1. The molecule has 2 aromatic heterocycles. The van der Waals surface area contributed by atoms with Gasteiger partial charge in [-0.25, -0.2) is 4.39 Å². The molecule has 0 bridgehead atoms. The van der Waals surface area contributed by atoms with E-state index in [9.17, 15) is 9.18 Å². The largest absolute Gasteiger partial charge is 0.342 e. The number of benzene rings is 2. The van der Waals surface area contributed by atoms with E-state index < -0.39 is 0 Å². The van der Waals surface area contributed by atoms with Crippen molar-refractivity contribution in [3.8, 4) is 22.8 Å². The number of likely N-dealkylation sites (tertiary alicyclic amines) is 1. The summed E-state index contributed by atoms with van der Waals surface area (Å²) in [6.45, 7) is 3.64. The Labute approximate surface area is 206 Å². The number of hydrogen-bond acceptors (Lipinski definition) is 6. The predicted molar refractivity (Wildman–Crippen MR) is 130 cm³/mol. The number of carbonyl (C=O) groups is 1. The highest BCUT2D eigenvalue weighted by atomic mass is 32.1. The molecular formula is C25H25FN6O2S. The van der Waals surface area contributed by atoms with Crippen molar-refractivity contribution < 1.29 is 13.7 Å². The van der Waals surface area contributed by atoms with Gasteiger partial charge in [0.25, 0.3) is 0 Å². The molecule has 0 aliphatic carbocycles. The van der Waals surface area contributed by atoms with Crippen molar-refractivity contribution in [2.75, 3.05) is 13.1 Å². The van der Waals surface area contributed by atoms with E-state index in [2.05, 4.69) is 20.3 Å². The van der Waals surface area contributed by atoms with E-state index in [0.29, 0.717) is 48.1 Å². The quantitative estimate of drug-likeness (QED) is 0.385. The molecule has 1 N–H and O–H groups in total. The molecule has 0 spiro atoms. The molecule has 2 aromatic carbocycles. The third-order valence-electron chi connectivity index (χ3n) is 6.23. The molecule has 5 rings (SSSR count). The lowest BCUT2D eigenvalue weighted by atomic mass is 9.97. The number of piperidine rings is 1. The second-order valence-electron chi connectivity index (χ2n) is 8.77. The van der Waals surface area contributed by atoms with Crippen LogP contribution in [-0.4, -0.2) is 48.8 Å².